The summed E-state index contributed by atoms with van der Waals surface area (Å²) < 4.78 is 19.3. The van der Waals surface area contributed by atoms with E-state index in [2.05, 4.69) is 20.3 Å². The third-order valence-electron chi connectivity index (χ3n) is 3.57. The number of ether oxygens (including phenoxy) is 1. The van der Waals surface area contributed by atoms with Crippen LogP contribution in [0.2, 0.25) is 5.02 Å². The van der Waals surface area contributed by atoms with Crippen molar-refractivity contribution < 1.29 is 13.9 Å². The van der Waals surface area contributed by atoms with E-state index < -0.39 is 11.7 Å². The van der Waals surface area contributed by atoms with E-state index in [4.69, 9.17) is 22.1 Å². The van der Waals surface area contributed by atoms with E-state index in [0.29, 0.717) is 17.1 Å². The fourth-order valence-electron chi connectivity index (χ4n) is 2.28. The van der Waals surface area contributed by atoms with Crippen LogP contribution in [0.5, 0.6) is 0 Å². The highest BCUT2D eigenvalue weighted by Gasteiger charge is 2.19. The molecule has 0 atom stereocenters. The zero-order valence-electron chi connectivity index (χ0n) is 15.8. The molecule has 0 fully saturated rings. The number of nitrogens with zero attached hydrogens (tertiary/aromatic N) is 3. The number of rotatable bonds is 7. The van der Waals surface area contributed by atoms with Gasteiger partial charge in [0.25, 0.3) is 5.91 Å². The van der Waals surface area contributed by atoms with E-state index in [0.717, 1.165) is 12.5 Å². The van der Waals surface area contributed by atoms with Gasteiger partial charge in [0.05, 0.1) is 29.2 Å². The summed E-state index contributed by atoms with van der Waals surface area (Å²) >= 11 is 5.66. The summed E-state index contributed by atoms with van der Waals surface area (Å²) in [5.74, 6) is -0.773. The molecule has 1 amide bonds. The minimum Gasteiger partial charge on any atom is -0.463 e. The number of hydrogen-bond acceptors (Lipinski definition) is 6. The summed E-state index contributed by atoms with van der Waals surface area (Å²) in [5.41, 5.74) is 6.83. The number of pyridine rings is 1. The Bertz CT molecular complexity index is 931. The number of anilines is 1. The van der Waals surface area contributed by atoms with Gasteiger partial charge in [0.15, 0.2) is 11.5 Å². The number of nitrogen functional groups attached to an aromatic ring is 1. The maximum atomic E-state index is 13.8. The topological polar surface area (TPSA) is 103 Å². The van der Waals surface area contributed by atoms with Crippen molar-refractivity contribution in [1.29, 1.82) is 0 Å². The predicted molar refractivity (Wildman–Crippen MR) is 106 cm³/mol. The van der Waals surface area contributed by atoms with Crippen molar-refractivity contribution in [2.75, 3.05) is 5.73 Å². The number of carbonyl (C=O) groups excluding carboxylic acids is 1. The van der Waals surface area contributed by atoms with Crippen LogP contribution in [-0.4, -0.2) is 20.9 Å². The minimum atomic E-state index is -0.617. The Morgan fingerprint density at radius 2 is 2.14 bits per heavy atom. The molecule has 0 bridgehead atoms. The molecular weight excluding hydrogens is 385 g/mol. The maximum absolute atomic E-state index is 13.8. The van der Waals surface area contributed by atoms with Gasteiger partial charge in [-0.3, -0.25) is 9.78 Å². The number of halogens is 2. The third-order valence-corrected chi connectivity index (χ3v) is 3.77. The second kappa shape index (κ2) is 9.80. The van der Waals surface area contributed by atoms with Crippen molar-refractivity contribution in [3.05, 3.63) is 64.3 Å². The van der Waals surface area contributed by atoms with Crippen LogP contribution in [0.1, 0.15) is 47.8 Å². The monoisotopic (exact) mass is 405 g/mol. The molecule has 3 N–H and O–H groups in total. The van der Waals surface area contributed by atoms with Gasteiger partial charge in [-0.25, -0.2) is 14.4 Å². The fourth-order valence-corrected chi connectivity index (χ4v) is 2.43. The molecule has 7 nitrogen and oxygen atoms in total. The first-order valence-corrected chi connectivity index (χ1v) is 8.95. The van der Waals surface area contributed by atoms with Gasteiger partial charge in [-0.1, -0.05) is 24.6 Å². The molecule has 148 valence electrons. The molecule has 28 heavy (non-hydrogen) atoms. The Kier molecular flexibility index (Phi) is 7.45. The number of carbonyl (C=O) groups is 1. The van der Waals surface area contributed by atoms with Crippen LogP contribution < -0.4 is 11.1 Å². The lowest BCUT2D eigenvalue weighted by atomic mass is 10.2. The quantitative estimate of drug-likeness (QED) is 0.679. The molecule has 0 aromatic carbocycles. The van der Waals surface area contributed by atoms with Gasteiger partial charge in [-0.15, -0.1) is 0 Å². The zero-order valence-corrected chi connectivity index (χ0v) is 16.5. The highest BCUT2D eigenvalue weighted by molar-refractivity contribution is 6.30. The summed E-state index contributed by atoms with van der Waals surface area (Å²) in [4.78, 5) is 24.8. The molecule has 9 heteroatoms. The Morgan fingerprint density at radius 3 is 2.79 bits per heavy atom. The lowest BCUT2D eigenvalue weighted by Crippen LogP contribution is -2.27. The van der Waals surface area contributed by atoms with Crippen LogP contribution in [0, 0.1) is 12.7 Å². The van der Waals surface area contributed by atoms with Crippen LogP contribution in [0.15, 0.2) is 30.7 Å². The molecule has 0 saturated heterocycles. The highest BCUT2D eigenvalue weighted by atomic mass is 35.5. The molecule has 0 radical (unpaired) electrons. The van der Waals surface area contributed by atoms with Gasteiger partial charge < -0.3 is 15.8 Å². The third kappa shape index (κ3) is 5.26. The summed E-state index contributed by atoms with van der Waals surface area (Å²) in [7, 11) is 0. The van der Waals surface area contributed by atoms with Crippen LogP contribution in [0.25, 0.3) is 5.76 Å². The average Bonchev–Trinajstić information content (AvgIpc) is 2.66. The number of nitrogens with one attached hydrogen (secondary N) is 1. The molecule has 0 aliphatic heterocycles. The number of amides is 1. The fraction of sp³-hybridized carbons (Fsp3) is 0.263. The molecule has 2 rings (SSSR count). The summed E-state index contributed by atoms with van der Waals surface area (Å²) in [6.45, 7) is 5.33. The van der Waals surface area contributed by atoms with Crippen molar-refractivity contribution in [2.24, 2.45) is 0 Å². The second-order valence-corrected chi connectivity index (χ2v) is 6.16. The first kappa shape index (κ1) is 21.3. The first-order valence-electron chi connectivity index (χ1n) is 8.57. The molecule has 2 heterocycles. The first-order chi connectivity index (χ1) is 13.4. The largest absolute Gasteiger partial charge is 0.463 e. The molecule has 0 aliphatic carbocycles. The van der Waals surface area contributed by atoms with Crippen molar-refractivity contribution >= 4 is 29.1 Å². The van der Waals surface area contributed by atoms with Gasteiger partial charge in [0.1, 0.15) is 17.3 Å². The molecule has 2 aromatic heterocycles. The zero-order chi connectivity index (χ0) is 20.7. The van der Waals surface area contributed by atoms with E-state index in [-0.39, 0.29) is 28.8 Å². The van der Waals surface area contributed by atoms with Crippen molar-refractivity contribution in [2.45, 2.75) is 33.7 Å². The lowest BCUT2D eigenvalue weighted by molar-refractivity contribution is 0.0945. The number of allylic oxidation sites excluding steroid dienone is 2. The molecule has 0 spiro atoms. The number of aromatic nitrogens is 3. The van der Waals surface area contributed by atoms with E-state index in [1.807, 2.05) is 19.9 Å². The second-order valence-electron chi connectivity index (χ2n) is 5.72. The van der Waals surface area contributed by atoms with Crippen molar-refractivity contribution in [3.63, 3.8) is 0 Å². The Balaban J connectivity index is 2.23. The van der Waals surface area contributed by atoms with Crippen LogP contribution in [0.3, 0.4) is 0 Å². The summed E-state index contributed by atoms with van der Waals surface area (Å²) in [6.07, 6.45) is 7.11. The van der Waals surface area contributed by atoms with Gasteiger partial charge in [0.2, 0.25) is 0 Å². The Hall–Kier alpha value is -3.00. The minimum absolute atomic E-state index is 0.0468. The molecule has 0 aliphatic rings. The van der Waals surface area contributed by atoms with Gasteiger partial charge in [-0.2, -0.15) is 0 Å². The van der Waals surface area contributed by atoms with Crippen molar-refractivity contribution in [3.8, 4) is 0 Å². The van der Waals surface area contributed by atoms with Crippen LogP contribution in [-0.2, 0) is 11.3 Å². The SMILES string of the molecule is C/C=C\O/C(=C/CC)c1nc(N)c(C(=O)NCc2ncc(Cl)cc2F)nc1C. The van der Waals surface area contributed by atoms with Crippen molar-refractivity contribution in [1.82, 2.24) is 20.3 Å². The normalized spacial score (nSPS) is 11.7. The summed E-state index contributed by atoms with van der Waals surface area (Å²) in [5, 5.41) is 2.70. The Labute approximate surface area is 167 Å². The van der Waals surface area contributed by atoms with E-state index in [9.17, 15) is 9.18 Å². The summed E-state index contributed by atoms with van der Waals surface area (Å²) in [6, 6.07) is 1.12. The highest BCUT2D eigenvalue weighted by Crippen LogP contribution is 2.21. The Morgan fingerprint density at radius 1 is 1.39 bits per heavy atom. The average molecular weight is 406 g/mol. The van der Waals surface area contributed by atoms with Gasteiger partial charge in [-0.05, 0) is 32.4 Å². The van der Waals surface area contributed by atoms with Crippen LogP contribution >= 0.6 is 11.6 Å². The molecule has 2 aromatic rings. The van der Waals surface area contributed by atoms with Gasteiger partial charge in [0, 0.05) is 6.20 Å². The van der Waals surface area contributed by atoms with E-state index >= 15 is 0 Å². The smallest absolute Gasteiger partial charge is 0.274 e. The van der Waals surface area contributed by atoms with Gasteiger partial charge >= 0.3 is 0 Å². The van der Waals surface area contributed by atoms with E-state index in [1.165, 1.54) is 12.5 Å². The molecule has 0 saturated carbocycles. The number of nitrogens with two attached hydrogens (primary N) is 1. The lowest BCUT2D eigenvalue weighted by Gasteiger charge is -2.12. The number of aryl methyl sites for hydroxylation is 1. The van der Waals surface area contributed by atoms with E-state index in [1.54, 1.807) is 13.0 Å². The number of hydrogen-bond donors (Lipinski definition) is 2. The standard InChI is InChI=1S/C19H21ClFN5O2/c1-4-6-15(28-7-5-2)16-11(3)25-17(18(22)26-16)19(27)24-10-14-13(21)8-12(20)9-23-14/h5-9H,4,10H2,1-3H3,(H2,22,26)(H,24,27)/b7-5-,15-6+. The molecule has 0 unspecified atom stereocenters. The van der Waals surface area contributed by atoms with Crippen LogP contribution in [0.4, 0.5) is 10.2 Å². The predicted octanol–water partition coefficient (Wildman–Crippen LogP) is 3.79. The molecular formula is C19H21ClFN5O2. The maximum Gasteiger partial charge on any atom is 0.274 e.